The van der Waals surface area contributed by atoms with E-state index in [1.54, 1.807) is 0 Å². The predicted molar refractivity (Wildman–Crippen MR) is 54.6 cm³/mol. The van der Waals surface area contributed by atoms with Crippen LogP contribution in [0, 0.1) is 11.8 Å². The minimum atomic E-state index is -4.03. The fourth-order valence-corrected chi connectivity index (χ4v) is 2.46. The Labute approximate surface area is 89.4 Å². The van der Waals surface area contributed by atoms with Crippen LogP contribution in [0.5, 0.6) is 0 Å². The van der Waals surface area contributed by atoms with Gasteiger partial charge in [0.25, 0.3) is 0 Å². The third kappa shape index (κ3) is 4.41. The zero-order valence-electron chi connectivity index (χ0n) is 9.40. The van der Waals surface area contributed by atoms with Gasteiger partial charge in [-0.25, -0.2) is 0 Å². The normalized spacial score (nSPS) is 33.0. The molecule has 1 N–H and O–H groups in total. The van der Waals surface area contributed by atoms with E-state index in [2.05, 4.69) is 19.2 Å². The third-order valence-electron chi connectivity index (χ3n) is 3.33. The van der Waals surface area contributed by atoms with Crippen molar-refractivity contribution >= 4 is 0 Å². The second kappa shape index (κ2) is 5.19. The van der Waals surface area contributed by atoms with Crippen molar-refractivity contribution in [3.8, 4) is 0 Å². The van der Waals surface area contributed by atoms with E-state index >= 15 is 0 Å². The van der Waals surface area contributed by atoms with E-state index in [1.165, 1.54) is 6.42 Å². The van der Waals surface area contributed by atoms with Crippen molar-refractivity contribution in [1.82, 2.24) is 5.32 Å². The Balaban J connectivity index is 2.29. The largest absolute Gasteiger partial charge is 0.390 e. The maximum absolute atomic E-state index is 12.0. The molecule has 1 fully saturated rings. The molecule has 1 aliphatic carbocycles. The van der Waals surface area contributed by atoms with E-state index in [9.17, 15) is 13.2 Å². The van der Waals surface area contributed by atoms with E-state index in [4.69, 9.17) is 0 Å². The summed E-state index contributed by atoms with van der Waals surface area (Å²) in [6, 6.07) is 0.265. The van der Waals surface area contributed by atoms with E-state index in [1.807, 2.05) is 0 Å². The van der Waals surface area contributed by atoms with Crippen LogP contribution in [0.4, 0.5) is 13.2 Å². The summed E-state index contributed by atoms with van der Waals surface area (Å²) in [5, 5.41) is 3.06. The zero-order valence-corrected chi connectivity index (χ0v) is 9.40. The van der Waals surface area contributed by atoms with Crippen LogP contribution in [-0.4, -0.2) is 18.8 Å². The maximum Gasteiger partial charge on any atom is 0.390 e. The maximum atomic E-state index is 12.0. The highest BCUT2D eigenvalue weighted by Crippen LogP contribution is 2.29. The SMILES string of the molecule is CC1CCCC(C)C1NCCC(F)(F)F. The Morgan fingerprint density at radius 2 is 1.67 bits per heavy atom. The molecular weight excluding hydrogens is 203 g/mol. The van der Waals surface area contributed by atoms with Gasteiger partial charge in [0.1, 0.15) is 0 Å². The van der Waals surface area contributed by atoms with E-state index in [0.717, 1.165) is 12.8 Å². The minimum Gasteiger partial charge on any atom is -0.313 e. The summed E-state index contributed by atoms with van der Waals surface area (Å²) in [5.74, 6) is 1.00. The van der Waals surface area contributed by atoms with Crippen molar-refractivity contribution in [3.63, 3.8) is 0 Å². The average Bonchev–Trinajstić information content (AvgIpc) is 2.08. The minimum absolute atomic E-state index is 0.0584. The van der Waals surface area contributed by atoms with Gasteiger partial charge >= 0.3 is 6.18 Å². The molecule has 0 aliphatic heterocycles. The standard InChI is InChI=1S/C11H20F3N/c1-8-4-3-5-9(2)10(8)15-7-6-11(12,13)14/h8-10,15H,3-7H2,1-2H3. The summed E-state index contributed by atoms with van der Waals surface area (Å²) in [6.07, 6.45) is -1.28. The second-order valence-corrected chi connectivity index (χ2v) is 4.73. The Hall–Kier alpha value is -0.250. The van der Waals surface area contributed by atoms with Crippen LogP contribution in [-0.2, 0) is 0 Å². The molecule has 0 radical (unpaired) electrons. The van der Waals surface area contributed by atoms with Gasteiger partial charge in [-0.3, -0.25) is 0 Å². The molecule has 0 amide bonds. The lowest BCUT2D eigenvalue weighted by molar-refractivity contribution is -0.134. The molecule has 0 spiro atoms. The monoisotopic (exact) mass is 223 g/mol. The van der Waals surface area contributed by atoms with E-state index < -0.39 is 12.6 Å². The molecule has 1 rings (SSSR count). The number of hydrogen-bond acceptors (Lipinski definition) is 1. The molecule has 2 atom stereocenters. The fourth-order valence-electron chi connectivity index (χ4n) is 2.46. The van der Waals surface area contributed by atoms with Crippen LogP contribution in [0.3, 0.4) is 0 Å². The van der Waals surface area contributed by atoms with E-state index in [-0.39, 0.29) is 12.6 Å². The lowest BCUT2D eigenvalue weighted by Crippen LogP contribution is -2.43. The molecule has 0 aromatic carbocycles. The van der Waals surface area contributed by atoms with Gasteiger partial charge in [0.05, 0.1) is 6.42 Å². The molecule has 4 heteroatoms. The van der Waals surface area contributed by atoms with Crippen molar-refractivity contribution in [2.45, 2.75) is 51.7 Å². The average molecular weight is 223 g/mol. The molecule has 1 nitrogen and oxygen atoms in total. The number of rotatable bonds is 3. The van der Waals surface area contributed by atoms with Gasteiger partial charge in [0.2, 0.25) is 0 Å². The molecule has 15 heavy (non-hydrogen) atoms. The van der Waals surface area contributed by atoms with Gasteiger partial charge in [-0.15, -0.1) is 0 Å². The molecule has 0 bridgehead atoms. The molecule has 0 saturated heterocycles. The highest BCUT2D eigenvalue weighted by atomic mass is 19.4. The van der Waals surface area contributed by atoms with Gasteiger partial charge < -0.3 is 5.32 Å². The summed E-state index contributed by atoms with van der Waals surface area (Å²) in [7, 11) is 0. The third-order valence-corrected chi connectivity index (χ3v) is 3.33. The van der Waals surface area contributed by atoms with Crippen molar-refractivity contribution in [1.29, 1.82) is 0 Å². The van der Waals surface area contributed by atoms with Crippen molar-refractivity contribution in [2.75, 3.05) is 6.54 Å². The lowest BCUT2D eigenvalue weighted by Gasteiger charge is -2.35. The topological polar surface area (TPSA) is 12.0 Å². The molecule has 0 heterocycles. The van der Waals surface area contributed by atoms with Crippen LogP contribution >= 0.6 is 0 Å². The molecule has 0 aromatic rings. The Kier molecular flexibility index (Phi) is 4.44. The first-order valence-electron chi connectivity index (χ1n) is 5.70. The van der Waals surface area contributed by atoms with Gasteiger partial charge in [-0.2, -0.15) is 13.2 Å². The van der Waals surface area contributed by atoms with Crippen molar-refractivity contribution in [3.05, 3.63) is 0 Å². The Morgan fingerprint density at radius 1 is 1.13 bits per heavy atom. The summed E-state index contributed by atoms with van der Waals surface area (Å²) in [4.78, 5) is 0. The Morgan fingerprint density at radius 3 is 2.13 bits per heavy atom. The summed E-state index contributed by atoms with van der Waals surface area (Å²) >= 11 is 0. The number of nitrogens with one attached hydrogen (secondary N) is 1. The molecule has 0 aromatic heterocycles. The quantitative estimate of drug-likeness (QED) is 0.773. The first-order chi connectivity index (χ1) is 6.90. The first kappa shape index (κ1) is 12.8. The van der Waals surface area contributed by atoms with Crippen LogP contribution in [0.15, 0.2) is 0 Å². The van der Waals surface area contributed by atoms with Gasteiger partial charge in [-0.05, 0) is 24.7 Å². The highest BCUT2D eigenvalue weighted by molar-refractivity contribution is 4.83. The van der Waals surface area contributed by atoms with Crippen molar-refractivity contribution in [2.24, 2.45) is 11.8 Å². The predicted octanol–water partition coefficient (Wildman–Crippen LogP) is 3.35. The lowest BCUT2D eigenvalue weighted by atomic mass is 9.79. The summed E-state index contributed by atoms with van der Waals surface area (Å²) < 4.78 is 35.9. The Bertz CT molecular complexity index is 181. The van der Waals surface area contributed by atoms with Crippen molar-refractivity contribution < 1.29 is 13.2 Å². The molecule has 90 valence electrons. The van der Waals surface area contributed by atoms with Gasteiger partial charge in [-0.1, -0.05) is 20.3 Å². The van der Waals surface area contributed by atoms with Crippen LogP contribution in [0.25, 0.3) is 0 Å². The number of hydrogen-bond donors (Lipinski definition) is 1. The zero-order chi connectivity index (χ0) is 11.5. The van der Waals surface area contributed by atoms with Gasteiger partial charge in [0.15, 0.2) is 0 Å². The fraction of sp³-hybridized carbons (Fsp3) is 1.00. The van der Waals surface area contributed by atoms with Crippen LogP contribution in [0.2, 0.25) is 0 Å². The highest BCUT2D eigenvalue weighted by Gasteiger charge is 2.30. The summed E-state index contributed by atoms with van der Waals surface area (Å²) in [5.41, 5.74) is 0. The molecular formula is C11H20F3N. The van der Waals surface area contributed by atoms with Gasteiger partial charge in [0, 0.05) is 12.6 Å². The second-order valence-electron chi connectivity index (χ2n) is 4.73. The smallest absolute Gasteiger partial charge is 0.313 e. The number of halogens is 3. The van der Waals surface area contributed by atoms with E-state index in [0.29, 0.717) is 11.8 Å². The van der Waals surface area contributed by atoms with Crippen LogP contribution in [0.1, 0.15) is 39.5 Å². The first-order valence-corrected chi connectivity index (χ1v) is 5.70. The molecule has 1 aliphatic rings. The number of alkyl halides is 3. The molecule has 2 unspecified atom stereocenters. The molecule has 1 saturated carbocycles. The van der Waals surface area contributed by atoms with Crippen LogP contribution < -0.4 is 5.32 Å². The summed E-state index contributed by atoms with van der Waals surface area (Å²) in [6.45, 7) is 4.31.